The van der Waals surface area contributed by atoms with Gasteiger partial charge in [-0.1, -0.05) is 48.5 Å². The van der Waals surface area contributed by atoms with Gasteiger partial charge in [-0.05, 0) is 119 Å². The first-order valence-electron chi connectivity index (χ1n) is 18.9. The van der Waals surface area contributed by atoms with Crippen molar-refractivity contribution < 1.29 is 33.7 Å². The fraction of sp³-hybridized carbons (Fsp3) is 0. The van der Waals surface area contributed by atoms with Crippen LogP contribution in [0.1, 0.15) is 22.8 Å². The van der Waals surface area contributed by atoms with E-state index in [1.165, 1.54) is 48.5 Å². The van der Waals surface area contributed by atoms with Gasteiger partial charge in [-0.15, -0.1) is 0 Å². The van der Waals surface area contributed by atoms with Crippen molar-refractivity contribution in [2.24, 2.45) is 20.6 Å². The predicted octanol–water partition coefficient (Wildman–Crippen LogP) is 5.91. The number of hydrogen-bond acceptors (Lipinski definition) is 10. The smallest absolute Gasteiger partial charge is 0.238 e. The van der Waals surface area contributed by atoms with Gasteiger partial charge in [-0.2, -0.15) is 0 Å². The molecule has 16 nitrogen and oxygen atoms in total. The van der Waals surface area contributed by atoms with E-state index in [0.717, 1.165) is 0 Å². The third-order valence-electron chi connectivity index (χ3n) is 10.6. The van der Waals surface area contributed by atoms with Crippen LogP contribution in [0.25, 0.3) is 90.9 Å². The molecule has 322 valence electrons. The first kappa shape index (κ1) is 42.4. The predicted molar refractivity (Wildman–Crippen MR) is 246 cm³/mol. The van der Waals surface area contributed by atoms with E-state index < -0.39 is 40.1 Å². The lowest BCUT2D eigenvalue weighted by molar-refractivity contribution is 0.596. The zero-order chi connectivity index (χ0) is 45.3. The Morgan fingerprint density at radius 3 is 0.656 bits per heavy atom. The molecule has 0 amide bonds. The van der Waals surface area contributed by atoms with E-state index in [1.807, 2.05) is 24.3 Å². The van der Waals surface area contributed by atoms with E-state index in [-0.39, 0.29) is 19.6 Å². The number of H-pyrrole nitrogens is 2. The Morgan fingerprint density at radius 1 is 0.297 bits per heavy atom. The van der Waals surface area contributed by atoms with Crippen LogP contribution in [-0.2, 0) is 40.1 Å². The Bertz CT molecular complexity index is 3300. The topological polar surface area (TPSA) is 298 Å². The van der Waals surface area contributed by atoms with Crippen molar-refractivity contribution in [1.29, 1.82) is 0 Å². The molecule has 10 N–H and O–H groups in total. The summed E-state index contributed by atoms with van der Waals surface area (Å²) in [6, 6.07) is 31.4. The second-order valence-corrected chi connectivity index (χ2v) is 21.0. The van der Waals surface area contributed by atoms with Gasteiger partial charge in [0.2, 0.25) is 40.1 Å². The number of benzene rings is 4. The summed E-state index contributed by atoms with van der Waals surface area (Å²) in [5.41, 5.74) is 8.71. The molecule has 0 radical (unpaired) electrons. The summed E-state index contributed by atoms with van der Waals surface area (Å²) in [6.07, 6.45) is 7.19. The molecule has 7 aromatic rings. The van der Waals surface area contributed by atoms with Gasteiger partial charge in [0.15, 0.2) is 0 Å². The SMILES string of the molecule is NS(=O)(=O)c1ccc(-c2c3nc(c(-c4ccc(S(N)(=O)=O)cc4)c4ccc([nH]4)c(-c4ccc(S(N)(=O)=O)cc4)c4nc(c(-c5ccc(S(N)(=O)=O)cc5)c5ccc2[nH]5)C=C4)C=C3)cc1. The van der Waals surface area contributed by atoms with Crippen LogP contribution < -0.4 is 20.6 Å². The van der Waals surface area contributed by atoms with Gasteiger partial charge in [0.25, 0.3) is 0 Å². The molecule has 8 bridgehead atoms. The second-order valence-electron chi connectivity index (χ2n) is 14.8. The maximum atomic E-state index is 12.3. The van der Waals surface area contributed by atoms with Gasteiger partial charge >= 0.3 is 0 Å². The lowest BCUT2D eigenvalue weighted by atomic mass is 10.0. The summed E-state index contributed by atoms with van der Waals surface area (Å²) < 4.78 is 98.1. The maximum absolute atomic E-state index is 12.3. The summed E-state index contributed by atoms with van der Waals surface area (Å²) in [5, 5.41) is 21.8. The monoisotopic (exact) mass is 930 g/mol. The maximum Gasteiger partial charge on any atom is 0.238 e. The van der Waals surface area contributed by atoms with Gasteiger partial charge in [-0.25, -0.2) is 64.2 Å². The lowest BCUT2D eigenvalue weighted by Crippen LogP contribution is -2.11. The molecule has 0 saturated heterocycles. The Morgan fingerprint density at radius 2 is 0.484 bits per heavy atom. The van der Waals surface area contributed by atoms with E-state index in [1.54, 1.807) is 72.8 Å². The minimum Gasteiger partial charge on any atom is -0.354 e. The number of aromatic nitrogens is 4. The number of rotatable bonds is 8. The molecule has 0 unspecified atom stereocenters. The van der Waals surface area contributed by atoms with E-state index in [2.05, 4.69) is 9.97 Å². The van der Waals surface area contributed by atoms with Crippen LogP contribution in [0, 0.1) is 0 Å². The van der Waals surface area contributed by atoms with Crippen molar-refractivity contribution in [2.75, 3.05) is 0 Å². The fourth-order valence-corrected chi connectivity index (χ4v) is 9.73. The molecule has 0 saturated carbocycles. The van der Waals surface area contributed by atoms with Crippen LogP contribution in [0.15, 0.2) is 141 Å². The molecule has 2 aliphatic heterocycles. The highest BCUT2D eigenvalue weighted by Crippen LogP contribution is 2.39. The van der Waals surface area contributed by atoms with Crippen molar-refractivity contribution in [2.45, 2.75) is 19.6 Å². The van der Waals surface area contributed by atoms with Crippen LogP contribution in [-0.4, -0.2) is 53.6 Å². The average molecular weight is 931 g/mol. The van der Waals surface area contributed by atoms with Crippen molar-refractivity contribution in [1.82, 2.24) is 19.9 Å². The van der Waals surface area contributed by atoms with Crippen LogP contribution in [0.5, 0.6) is 0 Å². The van der Waals surface area contributed by atoms with E-state index in [9.17, 15) is 33.7 Å². The summed E-state index contributed by atoms with van der Waals surface area (Å²) in [5.74, 6) is 0. The third kappa shape index (κ3) is 8.11. The number of aromatic amines is 2. The lowest BCUT2D eigenvalue weighted by Gasteiger charge is -2.08. The number of hydrogen-bond donors (Lipinski definition) is 6. The summed E-state index contributed by atoms with van der Waals surface area (Å²) >= 11 is 0. The Labute approximate surface area is 366 Å². The zero-order valence-corrected chi connectivity index (χ0v) is 36.2. The van der Waals surface area contributed by atoms with Crippen molar-refractivity contribution >= 4 is 86.5 Å². The molecule has 0 aliphatic carbocycles. The molecule has 20 heteroatoms. The van der Waals surface area contributed by atoms with E-state index in [0.29, 0.717) is 89.4 Å². The molecule has 0 spiro atoms. The first-order valence-corrected chi connectivity index (χ1v) is 25.1. The third-order valence-corrected chi connectivity index (χ3v) is 14.4. The first-order chi connectivity index (χ1) is 30.2. The highest BCUT2D eigenvalue weighted by Gasteiger charge is 2.21. The van der Waals surface area contributed by atoms with Gasteiger partial charge in [-0.3, -0.25) is 0 Å². The number of nitrogens with zero attached hydrogens (tertiary/aromatic N) is 2. The molecule has 4 aromatic carbocycles. The minimum absolute atomic E-state index is 0.0947. The van der Waals surface area contributed by atoms with Gasteiger partial charge < -0.3 is 9.97 Å². The molecule has 3 aromatic heterocycles. The molecule has 9 rings (SSSR count). The number of primary sulfonamides is 4. The fourth-order valence-electron chi connectivity index (χ4n) is 7.67. The molecule has 2 aliphatic rings. The molecular formula is C44H34N8O8S4. The minimum atomic E-state index is -4.03. The molecule has 0 fully saturated rings. The molecule has 0 atom stereocenters. The van der Waals surface area contributed by atoms with Gasteiger partial charge in [0, 0.05) is 44.3 Å². The van der Waals surface area contributed by atoms with E-state index in [4.69, 9.17) is 30.5 Å². The zero-order valence-electron chi connectivity index (χ0n) is 33.0. The number of nitrogens with two attached hydrogens (primary N) is 4. The van der Waals surface area contributed by atoms with Crippen molar-refractivity contribution in [3.05, 3.63) is 144 Å². The highest BCUT2D eigenvalue weighted by atomic mass is 32.2. The standard InChI is InChI=1S/C44H34N8O8S4/c45-61(53,54)29-9-1-25(2-10-29)41-33-17-19-35(49-33)42(26-3-11-30(12-4-26)62(46,55)56)37-21-23-39(51-37)44(28-7-15-32(16-8-28)64(48,59)60)40-24-22-38(52-40)43(36-20-18-34(41)50-36)27-5-13-31(14-6-27)63(47,57)58/h1-24,49,52H,(H2,45,53,54)(H2,46,55,56)(H2,47,57,58)(H2,48,59,60). The Hall–Kier alpha value is -6.88. The van der Waals surface area contributed by atoms with Crippen LogP contribution in [0.3, 0.4) is 0 Å². The highest BCUT2D eigenvalue weighted by molar-refractivity contribution is 7.90. The van der Waals surface area contributed by atoms with Crippen molar-refractivity contribution in [3.8, 4) is 44.5 Å². The largest absolute Gasteiger partial charge is 0.354 e. The number of nitrogens with one attached hydrogen (secondary N) is 2. The van der Waals surface area contributed by atoms with Gasteiger partial charge in [0.1, 0.15) is 0 Å². The summed E-state index contributed by atoms with van der Waals surface area (Å²) in [4.78, 5) is 16.9. The normalized spacial score (nSPS) is 13.1. The van der Waals surface area contributed by atoms with Gasteiger partial charge in [0.05, 0.1) is 42.4 Å². The van der Waals surface area contributed by atoms with Crippen LogP contribution in [0.2, 0.25) is 0 Å². The Kier molecular flexibility index (Phi) is 10.2. The quantitative estimate of drug-likeness (QED) is 0.105. The van der Waals surface area contributed by atoms with E-state index >= 15 is 0 Å². The second kappa shape index (κ2) is 15.4. The molecule has 64 heavy (non-hydrogen) atoms. The average Bonchev–Trinajstić information content (AvgIpc) is 4.08. The number of fused-ring (bicyclic) bond motifs is 8. The molecular weight excluding hydrogens is 897 g/mol. The Balaban J connectivity index is 1.44. The summed E-state index contributed by atoms with van der Waals surface area (Å²) in [7, 11) is -16.1. The summed E-state index contributed by atoms with van der Waals surface area (Å²) in [6.45, 7) is 0. The number of sulfonamides is 4. The van der Waals surface area contributed by atoms with Crippen molar-refractivity contribution in [3.63, 3.8) is 0 Å². The van der Waals surface area contributed by atoms with Crippen LogP contribution in [0.4, 0.5) is 0 Å². The van der Waals surface area contributed by atoms with Crippen LogP contribution >= 0.6 is 0 Å². The molecule has 5 heterocycles.